The molecule has 0 aliphatic heterocycles. The maximum Gasteiger partial charge on any atom is 0.119 e. The molecule has 4 nitrogen and oxygen atoms in total. The van der Waals surface area contributed by atoms with Gasteiger partial charge in [0.05, 0.1) is 21.2 Å². The van der Waals surface area contributed by atoms with Gasteiger partial charge in [-0.25, -0.2) is 0 Å². The molecule has 0 unspecified atom stereocenters. The zero-order chi connectivity index (χ0) is 20.1. The van der Waals surface area contributed by atoms with Gasteiger partial charge in [0.1, 0.15) is 25.4 Å². The van der Waals surface area contributed by atoms with Crippen LogP contribution in [0.15, 0.2) is 54.6 Å². The van der Waals surface area contributed by atoms with Crippen molar-refractivity contribution in [2.75, 3.05) is 21.2 Å². The van der Waals surface area contributed by atoms with Crippen LogP contribution in [0.2, 0.25) is 0 Å². The van der Waals surface area contributed by atoms with Crippen LogP contribution in [0.5, 0.6) is 5.75 Å². The summed E-state index contributed by atoms with van der Waals surface area (Å²) in [6.07, 6.45) is 0. The molecular weight excluding hydrogens is 346 g/mol. The Morgan fingerprint density at radius 3 is 2.14 bits per heavy atom. The Labute approximate surface area is 168 Å². The van der Waals surface area contributed by atoms with E-state index < -0.39 is 0 Å². The van der Waals surface area contributed by atoms with E-state index in [1.54, 1.807) is 7.11 Å². The molecule has 0 fully saturated rings. The highest BCUT2D eigenvalue weighted by Crippen LogP contribution is 2.22. The summed E-state index contributed by atoms with van der Waals surface area (Å²) in [5, 5.41) is 2.38. The molecule has 0 saturated heterocycles. The minimum Gasteiger partial charge on any atom is -0.497 e. The second-order valence-electron chi connectivity index (χ2n) is 7.83. The summed E-state index contributed by atoms with van der Waals surface area (Å²) in [6.45, 7) is 7.44. The predicted molar refractivity (Wildman–Crippen MR) is 114 cm³/mol. The number of hydrogen-bond acceptors (Lipinski definition) is 1. The van der Waals surface area contributed by atoms with Crippen LogP contribution in [0, 0.1) is 13.8 Å². The van der Waals surface area contributed by atoms with Gasteiger partial charge in [0.2, 0.25) is 0 Å². The van der Waals surface area contributed by atoms with Gasteiger partial charge in [-0.1, -0.05) is 24.3 Å². The Bertz CT molecular complexity index is 893. The third-order valence-corrected chi connectivity index (χ3v) is 5.19. The summed E-state index contributed by atoms with van der Waals surface area (Å²) >= 11 is 0. The molecule has 0 aliphatic carbocycles. The number of methoxy groups -OCH3 is 1. The van der Waals surface area contributed by atoms with Crippen LogP contribution in [0.3, 0.4) is 0 Å². The number of nitrogens with one attached hydrogen (secondary N) is 1. The normalized spacial score (nSPS) is 11.2. The number of nitrogens with zero attached hydrogens (tertiary/aromatic N) is 1. The highest BCUT2D eigenvalue weighted by molar-refractivity contribution is 5.43. The zero-order valence-corrected chi connectivity index (χ0v) is 17.8. The van der Waals surface area contributed by atoms with Crippen molar-refractivity contribution in [3.63, 3.8) is 0 Å². The molecule has 1 aromatic heterocycles. The lowest BCUT2D eigenvalue weighted by Crippen LogP contribution is -3.04. The van der Waals surface area contributed by atoms with E-state index in [9.17, 15) is 0 Å². The van der Waals surface area contributed by atoms with E-state index in [1.807, 2.05) is 12.1 Å². The van der Waals surface area contributed by atoms with Crippen LogP contribution in [0.4, 0.5) is 0 Å². The summed E-state index contributed by atoms with van der Waals surface area (Å²) in [5.41, 5.74) is 7.92. The fraction of sp³-hybridized carbons (Fsp3) is 0.333. The van der Waals surface area contributed by atoms with Gasteiger partial charge in [0.25, 0.3) is 0 Å². The minimum atomic E-state index is 0.887. The van der Waals surface area contributed by atoms with E-state index in [0.717, 1.165) is 25.4 Å². The molecule has 3 N–H and O–H groups in total. The summed E-state index contributed by atoms with van der Waals surface area (Å²) in [6, 6.07) is 19.6. The van der Waals surface area contributed by atoms with Crippen molar-refractivity contribution in [3.05, 3.63) is 82.7 Å². The number of nitrogens with two attached hydrogens (primary N) is 1. The summed E-state index contributed by atoms with van der Waals surface area (Å²) in [5.74, 6) is 0.887. The maximum absolute atomic E-state index is 5.28. The lowest BCUT2D eigenvalue weighted by Gasteiger charge is -2.11. The molecule has 0 spiro atoms. The van der Waals surface area contributed by atoms with Gasteiger partial charge in [-0.2, -0.15) is 0 Å². The topological polar surface area (TPSA) is 35.2 Å². The number of quaternary nitrogens is 2. The molecular formula is C24H33N3O+2. The van der Waals surface area contributed by atoms with Crippen LogP contribution in [-0.2, 0) is 19.6 Å². The average molecular weight is 380 g/mol. The monoisotopic (exact) mass is 379 g/mol. The van der Waals surface area contributed by atoms with Gasteiger partial charge in [0, 0.05) is 33.8 Å². The van der Waals surface area contributed by atoms with Crippen molar-refractivity contribution < 1.29 is 15.0 Å². The average Bonchev–Trinajstić information content (AvgIpc) is 2.96. The second-order valence-corrected chi connectivity index (χ2v) is 7.83. The first-order valence-corrected chi connectivity index (χ1v) is 9.98. The molecule has 1 heterocycles. The van der Waals surface area contributed by atoms with Crippen molar-refractivity contribution in [1.29, 1.82) is 0 Å². The number of rotatable bonds is 8. The second kappa shape index (κ2) is 9.09. The predicted octanol–water partition coefficient (Wildman–Crippen LogP) is 2.01. The third-order valence-electron chi connectivity index (χ3n) is 5.19. The largest absolute Gasteiger partial charge is 0.497 e. The van der Waals surface area contributed by atoms with E-state index in [-0.39, 0.29) is 0 Å². The number of aryl methyl sites for hydroxylation is 1. The van der Waals surface area contributed by atoms with Crippen LogP contribution >= 0.6 is 0 Å². The molecule has 0 aliphatic rings. The van der Waals surface area contributed by atoms with Crippen molar-refractivity contribution in [2.45, 2.75) is 33.5 Å². The van der Waals surface area contributed by atoms with E-state index in [4.69, 9.17) is 4.74 Å². The highest BCUT2D eigenvalue weighted by Gasteiger charge is 2.12. The van der Waals surface area contributed by atoms with Crippen LogP contribution in [-0.4, -0.2) is 25.8 Å². The van der Waals surface area contributed by atoms with Gasteiger partial charge in [-0.15, -0.1) is 0 Å². The molecule has 0 amide bonds. The molecule has 0 atom stereocenters. The van der Waals surface area contributed by atoms with Crippen LogP contribution in [0.25, 0.3) is 5.69 Å². The minimum absolute atomic E-state index is 0.887. The number of hydrogen-bond donors (Lipinski definition) is 2. The maximum atomic E-state index is 5.28. The smallest absolute Gasteiger partial charge is 0.119 e. The Balaban J connectivity index is 1.63. The fourth-order valence-corrected chi connectivity index (χ4v) is 3.76. The summed E-state index contributed by atoms with van der Waals surface area (Å²) in [7, 11) is 6.07. The fourth-order valence-electron chi connectivity index (χ4n) is 3.76. The lowest BCUT2D eigenvalue weighted by atomic mass is 10.1. The van der Waals surface area contributed by atoms with Gasteiger partial charge in [-0.3, -0.25) is 0 Å². The van der Waals surface area contributed by atoms with E-state index in [0.29, 0.717) is 0 Å². The molecule has 0 saturated carbocycles. The first kappa shape index (κ1) is 20.2. The van der Waals surface area contributed by atoms with E-state index >= 15 is 0 Å². The SMILES string of the molecule is COc1ccc(-n2c(C)cc(C[NH2+]Cc3ccc(C[NH+](C)C)cc3)c2C)cc1. The van der Waals surface area contributed by atoms with Crippen molar-refractivity contribution in [3.8, 4) is 11.4 Å². The Kier molecular flexibility index (Phi) is 6.55. The van der Waals surface area contributed by atoms with Gasteiger partial charge in [-0.05, 0) is 44.2 Å². The zero-order valence-electron chi connectivity index (χ0n) is 17.8. The molecule has 2 aromatic carbocycles. The Hall–Kier alpha value is -2.56. The molecule has 0 radical (unpaired) electrons. The first-order chi connectivity index (χ1) is 13.5. The van der Waals surface area contributed by atoms with E-state index in [2.05, 4.69) is 80.3 Å². The van der Waals surface area contributed by atoms with Crippen LogP contribution in [0.1, 0.15) is 28.1 Å². The van der Waals surface area contributed by atoms with Gasteiger partial charge >= 0.3 is 0 Å². The molecule has 4 heteroatoms. The highest BCUT2D eigenvalue weighted by atomic mass is 16.5. The van der Waals surface area contributed by atoms with Crippen molar-refractivity contribution in [2.24, 2.45) is 0 Å². The Morgan fingerprint density at radius 2 is 1.54 bits per heavy atom. The van der Waals surface area contributed by atoms with Crippen molar-refractivity contribution in [1.82, 2.24) is 4.57 Å². The lowest BCUT2D eigenvalue weighted by molar-refractivity contribution is -0.872. The Morgan fingerprint density at radius 1 is 0.893 bits per heavy atom. The molecule has 0 bridgehead atoms. The van der Waals surface area contributed by atoms with Gasteiger partial charge in [0.15, 0.2) is 0 Å². The molecule has 28 heavy (non-hydrogen) atoms. The first-order valence-electron chi connectivity index (χ1n) is 9.98. The standard InChI is InChI=1S/C24H31N3O/c1-18-14-22(19(2)27(18)23-10-12-24(28-5)13-11-23)16-25-15-20-6-8-21(9-7-20)17-26(3)4/h6-14,25H,15-17H2,1-5H3/p+2. The third kappa shape index (κ3) is 4.83. The quantitative estimate of drug-likeness (QED) is 0.617. The molecule has 3 aromatic rings. The number of aromatic nitrogens is 1. The van der Waals surface area contributed by atoms with E-state index in [1.165, 1.54) is 38.7 Å². The number of benzene rings is 2. The van der Waals surface area contributed by atoms with Crippen LogP contribution < -0.4 is 15.0 Å². The van der Waals surface area contributed by atoms with Gasteiger partial charge < -0.3 is 19.5 Å². The van der Waals surface area contributed by atoms with Crippen molar-refractivity contribution >= 4 is 0 Å². The molecule has 3 rings (SSSR count). The number of ether oxygens (including phenoxy) is 1. The molecule has 148 valence electrons. The summed E-state index contributed by atoms with van der Waals surface area (Å²) < 4.78 is 7.60. The summed E-state index contributed by atoms with van der Waals surface area (Å²) in [4.78, 5) is 1.45.